The van der Waals surface area contributed by atoms with Crippen LogP contribution in [0.15, 0.2) is 72.8 Å². The molecule has 0 saturated carbocycles. The average molecular weight is 749 g/mol. The smallest absolute Gasteiger partial charge is 0.272 e. The minimum Gasteiger partial charge on any atom is -0.382 e. The first kappa shape index (κ1) is 41.2. The van der Waals surface area contributed by atoms with Gasteiger partial charge in [-0.1, -0.05) is 88.4 Å². The van der Waals surface area contributed by atoms with E-state index in [1.54, 1.807) is 38.5 Å². The molecule has 0 aromatic heterocycles. The van der Waals surface area contributed by atoms with Gasteiger partial charge in [-0.2, -0.15) is 0 Å². The zero-order valence-corrected chi connectivity index (χ0v) is 32.7. The Balaban J connectivity index is 1.56. The van der Waals surface area contributed by atoms with Crippen LogP contribution in [0.1, 0.15) is 96.9 Å². The lowest BCUT2D eigenvalue weighted by molar-refractivity contribution is -0.385. The molecule has 0 heterocycles. The van der Waals surface area contributed by atoms with Crippen molar-refractivity contribution in [2.75, 3.05) is 53.9 Å². The Bertz CT molecular complexity index is 1890. The van der Waals surface area contributed by atoms with Crippen molar-refractivity contribution in [2.45, 2.75) is 57.8 Å². The van der Waals surface area contributed by atoms with E-state index in [1.165, 1.54) is 11.1 Å². The Morgan fingerprint density at radius 1 is 0.545 bits per heavy atom. The average Bonchev–Trinajstić information content (AvgIpc) is 3.43. The number of ether oxygens (including phenoxy) is 4. The molecule has 0 aliphatic heterocycles. The van der Waals surface area contributed by atoms with Gasteiger partial charge in [-0.3, -0.25) is 20.2 Å². The molecule has 55 heavy (non-hydrogen) atoms. The second-order valence-electron chi connectivity index (χ2n) is 14.5. The van der Waals surface area contributed by atoms with E-state index in [0.29, 0.717) is 63.6 Å². The largest absolute Gasteiger partial charge is 0.382 e. The van der Waals surface area contributed by atoms with Gasteiger partial charge < -0.3 is 18.9 Å². The predicted molar refractivity (Wildman–Crippen MR) is 220 cm³/mol. The molecule has 290 valence electrons. The lowest BCUT2D eigenvalue weighted by Gasteiger charge is -2.33. The molecule has 0 radical (unpaired) electrons. The van der Waals surface area contributed by atoms with Crippen molar-refractivity contribution in [3.63, 3.8) is 0 Å². The summed E-state index contributed by atoms with van der Waals surface area (Å²) in [4.78, 5) is 22.7. The molecular formula is C45H52N2O8. The Kier molecular flexibility index (Phi) is 14.3. The number of nitrogens with zero attached hydrogens (tertiary/aromatic N) is 2. The summed E-state index contributed by atoms with van der Waals surface area (Å²) in [6.45, 7) is 10.9. The summed E-state index contributed by atoms with van der Waals surface area (Å²) in [5.74, 6) is 0.0212. The number of benzene rings is 4. The molecule has 0 unspecified atom stereocenters. The highest BCUT2D eigenvalue weighted by Gasteiger charge is 2.43. The van der Waals surface area contributed by atoms with E-state index in [2.05, 4.69) is 48.6 Å². The summed E-state index contributed by atoms with van der Waals surface area (Å²) in [7, 11) is 3.33. The third kappa shape index (κ3) is 9.82. The molecule has 5 rings (SSSR count). The van der Waals surface area contributed by atoms with Crippen LogP contribution in [-0.2, 0) is 24.4 Å². The number of fused-ring (bicyclic) bond motifs is 3. The zero-order valence-electron chi connectivity index (χ0n) is 32.7. The van der Waals surface area contributed by atoms with Gasteiger partial charge >= 0.3 is 0 Å². The van der Waals surface area contributed by atoms with Crippen LogP contribution in [0, 0.1) is 20.2 Å². The van der Waals surface area contributed by atoms with E-state index in [-0.39, 0.29) is 33.1 Å². The van der Waals surface area contributed by atoms with Crippen LogP contribution in [0.3, 0.4) is 0 Å². The number of rotatable bonds is 20. The van der Waals surface area contributed by atoms with Crippen LogP contribution in [-0.4, -0.2) is 63.7 Å². The van der Waals surface area contributed by atoms with Gasteiger partial charge in [-0.05, 0) is 93.5 Å². The van der Waals surface area contributed by atoms with E-state index in [9.17, 15) is 20.2 Å². The fraction of sp³-hybridized carbons (Fsp3) is 0.378. The summed E-state index contributed by atoms with van der Waals surface area (Å²) in [6, 6.07) is 23.7. The normalized spacial score (nSPS) is 13.3. The number of nitro benzene ring substituents is 2. The van der Waals surface area contributed by atoms with Gasteiger partial charge in [0.25, 0.3) is 11.4 Å². The Morgan fingerprint density at radius 3 is 1.25 bits per heavy atom. The summed E-state index contributed by atoms with van der Waals surface area (Å²) in [6.07, 6.45) is 9.57. The van der Waals surface area contributed by atoms with Gasteiger partial charge in [0.15, 0.2) is 0 Å². The van der Waals surface area contributed by atoms with Crippen molar-refractivity contribution in [1.82, 2.24) is 0 Å². The third-order valence-electron chi connectivity index (χ3n) is 10.3. The number of nitro groups is 2. The van der Waals surface area contributed by atoms with Gasteiger partial charge in [0.2, 0.25) is 0 Å². The van der Waals surface area contributed by atoms with Crippen molar-refractivity contribution >= 4 is 35.7 Å². The van der Waals surface area contributed by atoms with Crippen LogP contribution in [0.2, 0.25) is 0 Å². The fourth-order valence-corrected chi connectivity index (χ4v) is 7.38. The third-order valence-corrected chi connectivity index (χ3v) is 10.3. The van der Waals surface area contributed by atoms with Gasteiger partial charge in [0, 0.05) is 56.1 Å². The lowest BCUT2D eigenvalue weighted by Crippen LogP contribution is -2.30. The highest BCUT2D eigenvalue weighted by Crippen LogP contribution is 2.53. The summed E-state index contributed by atoms with van der Waals surface area (Å²) in [5, 5.41) is 23.3. The van der Waals surface area contributed by atoms with Gasteiger partial charge in [0.05, 0.1) is 36.3 Å². The van der Waals surface area contributed by atoms with Crippen LogP contribution in [0.4, 0.5) is 11.4 Å². The summed E-state index contributed by atoms with van der Waals surface area (Å²) in [5.41, 5.74) is 9.77. The minimum atomic E-state index is -0.436. The number of methoxy groups -OCH3 is 2. The van der Waals surface area contributed by atoms with Crippen molar-refractivity contribution < 1.29 is 28.8 Å². The lowest BCUT2D eigenvalue weighted by atomic mass is 9.72. The van der Waals surface area contributed by atoms with E-state index in [1.807, 2.05) is 52.0 Å². The van der Waals surface area contributed by atoms with E-state index >= 15 is 0 Å². The SMILES string of the molecule is COCCOCCC1(CCOCCOC)c2cc(C=Cc3ccc([N+](=O)[O-])c(C(C)C)c3)ccc2-c2ccc(C=Cc3ccc([N+](=O)[O-])c(C(C)C)c3)cc21. The van der Waals surface area contributed by atoms with Gasteiger partial charge in [-0.15, -0.1) is 0 Å². The first-order chi connectivity index (χ1) is 26.5. The Morgan fingerprint density at radius 2 is 0.909 bits per heavy atom. The monoisotopic (exact) mass is 748 g/mol. The Hall–Kier alpha value is -5.00. The number of hydrogen-bond donors (Lipinski definition) is 0. The molecule has 0 fully saturated rings. The summed E-state index contributed by atoms with van der Waals surface area (Å²) < 4.78 is 22.7. The maximum atomic E-state index is 11.7. The maximum absolute atomic E-state index is 11.7. The van der Waals surface area contributed by atoms with Crippen molar-refractivity contribution in [2.24, 2.45) is 0 Å². The standard InChI is InChI=1S/C45H52N2O8/c1-31(2)39-27-33(13-17-43(39)46(48)49)7-9-35-11-15-37-38-16-12-36(10-8-34-14-18-44(47(50)51)40(28-34)32(3)4)30-42(38)45(41(37)29-35,19-21-54-25-23-52-5)20-22-55-26-24-53-6/h7-18,27-32H,19-26H2,1-6H3. The Labute approximate surface area is 324 Å². The highest BCUT2D eigenvalue weighted by molar-refractivity contribution is 5.85. The molecular weight excluding hydrogens is 697 g/mol. The van der Waals surface area contributed by atoms with Crippen LogP contribution in [0.5, 0.6) is 0 Å². The first-order valence-corrected chi connectivity index (χ1v) is 18.8. The van der Waals surface area contributed by atoms with Crippen molar-refractivity contribution in [3.8, 4) is 11.1 Å². The molecule has 0 amide bonds. The molecule has 1 aliphatic rings. The molecule has 0 bridgehead atoms. The minimum absolute atomic E-state index is 0.0106. The second-order valence-corrected chi connectivity index (χ2v) is 14.5. The maximum Gasteiger partial charge on any atom is 0.272 e. The quantitative estimate of drug-likeness (QED) is 0.0379. The van der Waals surface area contributed by atoms with Crippen LogP contribution in [0.25, 0.3) is 35.4 Å². The van der Waals surface area contributed by atoms with E-state index < -0.39 is 5.41 Å². The molecule has 0 N–H and O–H groups in total. The second kappa shape index (κ2) is 19.0. The van der Waals surface area contributed by atoms with E-state index in [4.69, 9.17) is 18.9 Å². The van der Waals surface area contributed by atoms with Crippen LogP contribution < -0.4 is 0 Å². The number of hydrogen-bond acceptors (Lipinski definition) is 8. The first-order valence-electron chi connectivity index (χ1n) is 18.8. The molecule has 0 atom stereocenters. The predicted octanol–water partition coefficient (Wildman–Crippen LogP) is 10.5. The molecule has 1 aliphatic carbocycles. The zero-order chi connectivity index (χ0) is 39.5. The van der Waals surface area contributed by atoms with Crippen molar-refractivity contribution in [1.29, 1.82) is 0 Å². The molecule has 10 nitrogen and oxygen atoms in total. The van der Waals surface area contributed by atoms with Gasteiger partial charge in [-0.25, -0.2) is 0 Å². The topological polar surface area (TPSA) is 123 Å². The van der Waals surface area contributed by atoms with Crippen LogP contribution >= 0.6 is 0 Å². The molecule has 4 aromatic carbocycles. The van der Waals surface area contributed by atoms with Gasteiger partial charge in [0.1, 0.15) is 0 Å². The molecule has 10 heteroatoms. The van der Waals surface area contributed by atoms with Crippen molar-refractivity contribution in [3.05, 3.63) is 138 Å². The fourth-order valence-electron chi connectivity index (χ4n) is 7.38. The molecule has 0 spiro atoms. The van der Waals surface area contributed by atoms with E-state index in [0.717, 1.165) is 33.4 Å². The highest BCUT2D eigenvalue weighted by atomic mass is 16.6. The molecule has 0 saturated heterocycles. The summed E-state index contributed by atoms with van der Waals surface area (Å²) >= 11 is 0. The molecule has 4 aromatic rings.